The SMILES string of the molecule is CCNC(=NCc1ccc(COC)cc1)NCc1ccc(C)cc1OCCCOC.I. The fraction of sp³-hybridized carbons (Fsp3) is 0.458. The van der Waals surface area contributed by atoms with E-state index < -0.39 is 0 Å². The largest absolute Gasteiger partial charge is 0.493 e. The van der Waals surface area contributed by atoms with Crippen molar-refractivity contribution in [2.75, 3.05) is 34.0 Å². The first-order chi connectivity index (χ1) is 14.7. The second-order valence-corrected chi connectivity index (χ2v) is 7.10. The van der Waals surface area contributed by atoms with E-state index in [1.807, 2.05) is 0 Å². The highest BCUT2D eigenvalue weighted by Gasteiger charge is 2.06. The molecule has 0 amide bonds. The van der Waals surface area contributed by atoms with Crippen LogP contribution in [0.4, 0.5) is 0 Å². The molecular formula is C24H36IN3O3. The molecule has 0 aliphatic rings. The molecule has 0 saturated carbocycles. The molecule has 0 radical (unpaired) electrons. The molecule has 2 aromatic carbocycles. The number of nitrogens with zero attached hydrogens (tertiary/aromatic N) is 1. The standard InChI is InChI=1S/C24H35N3O3.HI/c1-5-25-24(26-16-20-8-10-21(11-9-20)18-29-4)27-17-22-12-7-19(2)15-23(22)30-14-6-13-28-3;/h7-12,15H,5-6,13-14,16-18H2,1-4H3,(H2,25,26,27);1H. The number of rotatable bonds is 12. The molecule has 0 fully saturated rings. The summed E-state index contributed by atoms with van der Waals surface area (Å²) < 4.78 is 16.2. The number of aryl methyl sites for hydroxylation is 1. The summed E-state index contributed by atoms with van der Waals surface area (Å²) >= 11 is 0. The lowest BCUT2D eigenvalue weighted by Gasteiger charge is -2.15. The molecule has 0 heterocycles. The Morgan fingerprint density at radius 2 is 1.68 bits per heavy atom. The van der Waals surface area contributed by atoms with Crippen molar-refractivity contribution < 1.29 is 14.2 Å². The van der Waals surface area contributed by atoms with Crippen molar-refractivity contribution in [1.29, 1.82) is 0 Å². The Hall–Kier alpha value is -1.84. The van der Waals surface area contributed by atoms with Crippen LogP contribution in [0.5, 0.6) is 5.75 Å². The van der Waals surface area contributed by atoms with Gasteiger partial charge in [-0.2, -0.15) is 0 Å². The summed E-state index contributed by atoms with van der Waals surface area (Å²) in [5.41, 5.74) is 4.60. The van der Waals surface area contributed by atoms with Gasteiger partial charge in [0.05, 0.1) is 19.8 Å². The zero-order chi connectivity index (χ0) is 21.6. The smallest absolute Gasteiger partial charge is 0.191 e. The van der Waals surface area contributed by atoms with Crippen LogP contribution in [0.3, 0.4) is 0 Å². The van der Waals surface area contributed by atoms with E-state index in [-0.39, 0.29) is 24.0 Å². The summed E-state index contributed by atoms with van der Waals surface area (Å²) in [5, 5.41) is 6.72. The molecule has 0 saturated heterocycles. The minimum atomic E-state index is 0. The van der Waals surface area contributed by atoms with Crippen molar-refractivity contribution in [1.82, 2.24) is 10.6 Å². The molecule has 0 unspecified atom stereocenters. The van der Waals surface area contributed by atoms with Gasteiger partial charge in [0, 0.05) is 45.9 Å². The zero-order valence-corrected chi connectivity index (χ0v) is 21.4. The van der Waals surface area contributed by atoms with Crippen molar-refractivity contribution in [3.8, 4) is 5.75 Å². The predicted octanol–water partition coefficient (Wildman–Crippen LogP) is 4.43. The van der Waals surface area contributed by atoms with Gasteiger partial charge in [-0.3, -0.25) is 0 Å². The normalized spacial score (nSPS) is 11.0. The predicted molar refractivity (Wildman–Crippen MR) is 137 cm³/mol. The van der Waals surface area contributed by atoms with Crippen LogP contribution in [0.15, 0.2) is 47.5 Å². The second-order valence-electron chi connectivity index (χ2n) is 7.10. The van der Waals surface area contributed by atoms with Crippen molar-refractivity contribution in [2.45, 2.75) is 40.0 Å². The third kappa shape index (κ3) is 10.3. The molecule has 172 valence electrons. The van der Waals surface area contributed by atoms with Crippen molar-refractivity contribution >= 4 is 29.9 Å². The Morgan fingerprint density at radius 1 is 0.935 bits per heavy atom. The molecule has 0 atom stereocenters. The Morgan fingerprint density at radius 3 is 2.35 bits per heavy atom. The average Bonchev–Trinajstić information content (AvgIpc) is 2.75. The number of hydrogen-bond acceptors (Lipinski definition) is 4. The molecule has 2 aromatic rings. The van der Waals surface area contributed by atoms with E-state index in [1.165, 1.54) is 5.56 Å². The van der Waals surface area contributed by atoms with E-state index in [4.69, 9.17) is 19.2 Å². The van der Waals surface area contributed by atoms with Gasteiger partial charge in [0.15, 0.2) is 5.96 Å². The maximum absolute atomic E-state index is 5.98. The number of guanidine groups is 1. The van der Waals surface area contributed by atoms with Crippen LogP contribution in [0, 0.1) is 6.92 Å². The Kier molecular flexibility index (Phi) is 13.9. The summed E-state index contributed by atoms with van der Waals surface area (Å²) in [5.74, 6) is 1.69. The molecule has 0 aromatic heterocycles. The number of benzene rings is 2. The quantitative estimate of drug-likeness (QED) is 0.180. The number of aliphatic imine (C=N–C) groups is 1. The summed E-state index contributed by atoms with van der Waals surface area (Å²) in [6.07, 6.45) is 0.866. The van der Waals surface area contributed by atoms with Gasteiger partial charge in [0.1, 0.15) is 5.75 Å². The molecule has 0 spiro atoms. The lowest BCUT2D eigenvalue weighted by Crippen LogP contribution is -2.36. The Balaban J connectivity index is 0.00000480. The van der Waals surface area contributed by atoms with E-state index in [1.54, 1.807) is 14.2 Å². The lowest BCUT2D eigenvalue weighted by molar-refractivity contribution is 0.171. The topological polar surface area (TPSA) is 64.1 Å². The van der Waals surface area contributed by atoms with Gasteiger partial charge in [0.2, 0.25) is 0 Å². The fourth-order valence-electron chi connectivity index (χ4n) is 2.93. The van der Waals surface area contributed by atoms with Gasteiger partial charge in [0.25, 0.3) is 0 Å². The molecule has 0 aliphatic carbocycles. The van der Waals surface area contributed by atoms with Gasteiger partial charge in [-0.1, -0.05) is 36.4 Å². The summed E-state index contributed by atoms with van der Waals surface area (Å²) in [6.45, 7) is 8.14. The molecule has 31 heavy (non-hydrogen) atoms. The summed E-state index contributed by atoms with van der Waals surface area (Å²) in [7, 11) is 3.41. The molecule has 0 aliphatic heterocycles. The van der Waals surface area contributed by atoms with Crippen LogP contribution in [0.2, 0.25) is 0 Å². The Bertz CT molecular complexity index is 782. The number of halogens is 1. The second kappa shape index (κ2) is 15.9. The van der Waals surface area contributed by atoms with E-state index in [0.717, 1.165) is 41.4 Å². The minimum absolute atomic E-state index is 0. The molecule has 2 rings (SSSR count). The Labute approximate surface area is 203 Å². The number of methoxy groups -OCH3 is 2. The number of nitrogens with one attached hydrogen (secondary N) is 2. The van der Waals surface area contributed by atoms with Crippen molar-refractivity contribution in [3.63, 3.8) is 0 Å². The van der Waals surface area contributed by atoms with E-state index in [9.17, 15) is 0 Å². The van der Waals surface area contributed by atoms with E-state index >= 15 is 0 Å². The van der Waals surface area contributed by atoms with Crippen molar-refractivity contribution in [3.05, 3.63) is 64.7 Å². The third-order valence-corrected chi connectivity index (χ3v) is 4.52. The zero-order valence-electron chi connectivity index (χ0n) is 19.1. The highest BCUT2D eigenvalue weighted by molar-refractivity contribution is 14.0. The highest BCUT2D eigenvalue weighted by atomic mass is 127. The van der Waals surface area contributed by atoms with Gasteiger partial charge >= 0.3 is 0 Å². The molecule has 6 nitrogen and oxygen atoms in total. The van der Waals surface area contributed by atoms with Crippen LogP contribution >= 0.6 is 24.0 Å². The molecular weight excluding hydrogens is 505 g/mol. The van der Waals surface area contributed by atoms with E-state index in [0.29, 0.717) is 32.9 Å². The molecule has 2 N–H and O–H groups in total. The van der Waals surface area contributed by atoms with Gasteiger partial charge in [-0.05, 0) is 36.6 Å². The monoisotopic (exact) mass is 541 g/mol. The van der Waals surface area contributed by atoms with Crippen LogP contribution in [0.25, 0.3) is 0 Å². The number of hydrogen-bond donors (Lipinski definition) is 2. The third-order valence-electron chi connectivity index (χ3n) is 4.52. The van der Waals surface area contributed by atoms with Gasteiger partial charge in [-0.15, -0.1) is 24.0 Å². The van der Waals surface area contributed by atoms with Crippen LogP contribution < -0.4 is 15.4 Å². The molecule has 0 bridgehead atoms. The van der Waals surface area contributed by atoms with Gasteiger partial charge in [-0.25, -0.2) is 4.99 Å². The summed E-state index contributed by atoms with van der Waals surface area (Å²) in [4.78, 5) is 4.71. The lowest BCUT2D eigenvalue weighted by atomic mass is 10.1. The molecule has 7 heteroatoms. The first-order valence-corrected chi connectivity index (χ1v) is 10.5. The average molecular weight is 541 g/mol. The fourth-order valence-corrected chi connectivity index (χ4v) is 2.93. The van der Waals surface area contributed by atoms with Crippen molar-refractivity contribution in [2.24, 2.45) is 4.99 Å². The minimum Gasteiger partial charge on any atom is -0.493 e. The highest BCUT2D eigenvalue weighted by Crippen LogP contribution is 2.20. The van der Waals surface area contributed by atoms with Crippen LogP contribution in [0.1, 0.15) is 35.6 Å². The maximum atomic E-state index is 5.98. The van der Waals surface area contributed by atoms with Gasteiger partial charge < -0.3 is 24.8 Å². The first kappa shape index (κ1) is 27.2. The van der Waals surface area contributed by atoms with Crippen LogP contribution in [-0.4, -0.2) is 39.9 Å². The number of ether oxygens (including phenoxy) is 3. The maximum Gasteiger partial charge on any atom is 0.191 e. The summed E-state index contributed by atoms with van der Waals surface area (Å²) in [6, 6.07) is 14.6. The first-order valence-electron chi connectivity index (χ1n) is 10.5. The van der Waals surface area contributed by atoms with Crippen LogP contribution in [-0.2, 0) is 29.2 Å². The van der Waals surface area contributed by atoms with E-state index in [2.05, 4.69) is 66.9 Å².